The summed E-state index contributed by atoms with van der Waals surface area (Å²) in [5.74, 6) is 0. The lowest BCUT2D eigenvalue weighted by Gasteiger charge is -2.12. The van der Waals surface area contributed by atoms with Crippen LogP contribution in [-0.4, -0.2) is 4.57 Å². The van der Waals surface area contributed by atoms with E-state index in [1.807, 2.05) is 12.1 Å². The first kappa shape index (κ1) is 30.7. The predicted molar refractivity (Wildman–Crippen MR) is 239 cm³/mol. The van der Waals surface area contributed by atoms with Crippen LogP contribution in [0.5, 0.6) is 0 Å². The molecule has 264 valence electrons. The zero-order valence-corrected chi connectivity index (χ0v) is 30.7. The molecule has 10 aromatic carbocycles. The normalized spacial score (nSPS) is 12.2. The minimum Gasteiger partial charge on any atom is -0.456 e. The van der Waals surface area contributed by atoms with Crippen LogP contribution in [0.15, 0.2) is 197 Å². The summed E-state index contributed by atoms with van der Waals surface area (Å²) in [6.07, 6.45) is 0. The van der Waals surface area contributed by atoms with Crippen LogP contribution in [0.1, 0.15) is 0 Å². The highest BCUT2D eigenvalue weighted by atomic mass is 16.3. The first-order valence-electron chi connectivity index (χ1n) is 19.5. The summed E-state index contributed by atoms with van der Waals surface area (Å²) in [5.41, 5.74) is 11.5. The van der Waals surface area contributed by atoms with E-state index in [0.29, 0.717) is 0 Å². The van der Waals surface area contributed by atoms with Crippen LogP contribution in [0.25, 0.3) is 126 Å². The summed E-state index contributed by atoms with van der Waals surface area (Å²) in [6, 6.07) is 67.9. The van der Waals surface area contributed by atoms with Crippen LogP contribution < -0.4 is 0 Å². The maximum atomic E-state index is 6.57. The Morgan fingerprint density at radius 1 is 0.281 bits per heavy atom. The minimum atomic E-state index is 0.861. The van der Waals surface area contributed by atoms with Gasteiger partial charge in [0.15, 0.2) is 0 Å². The molecule has 0 saturated carbocycles. The van der Waals surface area contributed by atoms with Crippen molar-refractivity contribution in [2.45, 2.75) is 0 Å². The second kappa shape index (κ2) is 11.5. The summed E-state index contributed by atoms with van der Waals surface area (Å²) < 4.78 is 15.3. The van der Waals surface area contributed by atoms with Gasteiger partial charge in [0.1, 0.15) is 22.3 Å². The average molecular weight is 726 g/mol. The first-order valence-corrected chi connectivity index (χ1v) is 19.5. The highest BCUT2D eigenvalue weighted by Crippen LogP contribution is 2.42. The van der Waals surface area contributed by atoms with Gasteiger partial charge in [0.25, 0.3) is 0 Å². The van der Waals surface area contributed by atoms with Gasteiger partial charge in [-0.2, -0.15) is 0 Å². The van der Waals surface area contributed by atoms with Crippen molar-refractivity contribution in [2.24, 2.45) is 0 Å². The van der Waals surface area contributed by atoms with E-state index in [9.17, 15) is 0 Å². The van der Waals surface area contributed by atoms with Crippen molar-refractivity contribution in [1.29, 1.82) is 0 Å². The van der Waals surface area contributed by atoms with E-state index in [1.54, 1.807) is 0 Å². The molecule has 0 saturated heterocycles. The van der Waals surface area contributed by atoms with Crippen LogP contribution in [0, 0.1) is 0 Å². The van der Waals surface area contributed by atoms with Gasteiger partial charge >= 0.3 is 0 Å². The number of fused-ring (bicyclic) bond motifs is 15. The van der Waals surface area contributed by atoms with Gasteiger partial charge in [0.2, 0.25) is 0 Å². The third kappa shape index (κ3) is 4.37. The smallest absolute Gasteiger partial charge is 0.143 e. The molecule has 0 spiro atoms. The number of hydrogen-bond donors (Lipinski definition) is 0. The minimum absolute atomic E-state index is 0.861. The van der Waals surface area contributed by atoms with E-state index in [1.165, 1.54) is 54.2 Å². The molecule has 13 aromatic rings. The molecule has 0 amide bonds. The van der Waals surface area contributed by atoms with E-state index in [0.717, 1.165) is 71.7 Å². The summed E-state index contributed by atoms with van der Waals surface area (Å²) in [4.78, 5) is 0. The van der Waals surface area contributed by atoms with E-state index in [-0.39, 0.29) is 0 Å². The van der Waals surface area contributed by atoms with Gasteiger partial charge in [0.05, 0.1) is 11.0 Å². The second-order valence-corrected chi connectivity index (χ2v) is 15.2. The fraction of sp³-hybridized carbons (Fsp3) is 0. The lowest BCUT2D eigenvalue weighted by molar-refractivity contribution is 0.668. The van der Waals surface area contributed by atoms with Crippen molar-refractivity contribution in [1.82, 2.24) is 4.57 Å². The van der Waals surface area contributed by atoms with Gasteiger partial charge in [-0.3, -0.25) is 0 Å². The largest absolute Gasteiger partial charge is 0.456 e. The van der Waals surface area contributed by atoms with Crippen LogP contribution in [-0.2, 0) is 0 Å². The molecule has 0 atom stereocenters. The van der Waals surface area contributed by atoms with Gasteiger partial charge in [0, 0.05) is 49.6 Å². The number of aromatic nitrogens is 1. The Bertz CT molecular complexity index is 3780. The quantitative estimate of drug-likeness (QED) is 0.170. The van der Waals surface area contributed by atoms with Crippen LogP contribution in [0.3, 0.4) is 0 Å². The van der Waals surface area contributed by atoms with Gasteiger partial charge in [-0.25, -0.2) is 0 Å². The van der Waals surface area contributed by atoms with E-state index >= 15 is 0 Å². The van der Waals surface area contributed by atoms with Gasteiger partial charge in [-0.05, 0) is 104 Å². The van der Waals surface area contributed by atoms with Crippen molar-refractivity contribution in [3.05, 3.63) is 188 Å². The molecule has 0 unspecified atom stereocenters. The van der Waals surface area contributed by atoms with Gasteiger partial charge in [-0.15, -0.1) is 0 Å². The van der Waals surface area contributed by atoms with E-state index < -0.39 is 0 Å². The van der Waals surface area contributed by atoms with Crippen molar-refractivity contribution in [3.8, 4) is 27.9 Å². The average Bonchev–Trinajstić information content (AvgIpc) is 3.95. The third-order valence-corrected chi connectivity index (χ3v) is 12.2. The third-order valence-electron chi connectivity index (χ3n) is 12.2. The standard InChI is InChI=1S/C54H31NO2/c1-2-12-39-37(10-1)38-11-3-4-13-40(38)46-28-32(20-24-41(39)46)33-21-26-50-47(29-33)42-14-5-7-18-49(42)55(50)35-23-25-44-48-30-34(22-27-52(48)56-53(44)31-35)36-16-9-17-45-43-15-6-8-19-51(43)57-54(36)45/h1-31H. The molecule has 0 fully saturated rings. The number of furan rings is 2. The maximum Gasteiger partial charge on any atom is 0.143 e. The molecule has 0 N–H and O–H groups in total. The maximum absolute atomic E-state index is 6.57. The van der Waals surface area contributed by atoms with Crippen LogP contribution in [0.2, 0.25) is 0 Å². The number of benzene rings is 10. The molecule has 0 aliphatic carbocycles. The lowest BCUT2D eigenvalue weighted by Crippen LogP contribution is -1.93. The summed E-state index contributed by atoms with van der Waals surface area (Å²) in [5, 5.41) is 14.6. The molecule has 3 heteroatoms. The molecule has 57 heavy (non-hydrogen) atoms. The number of hydrogen-bond acceptors (Lipinski definition) is 2. The topological polar surface area (TPSA) is 31.2 Å². The first-order chi connectivity index (χ1) is 28.2. The summed E-state index contributed by atoms with van der Waals surface area (Å²) >= 11 is 0. The van der Waals surface area contributed by atoms with E-state index in [2.05, 4.69) is 180 Å². The Kier molecular flexibility index (Phi) is 6.16. The monoisotopic (exact) mass is 725 g/mol. The zero-order valence-electron chi connectivity index (χ0n) is 30.7. The van der Waals surface area contributed by atoms with Crippen molar-refractivity contribution in [3.63, 3.8) is 0 Å². The number of nitrogens with zero attached hydrogens (tertiary/aromatic N) is 1. The van der Waals surface area contributed by atoms with Crippen molar-refractivity contribution >= 4 is 98.0 Å². The van der Waals surface area contributed by atoms with Gasteiger partial charge in [-0.1, -0.05) is 127 Å². The van der Waals surface area contributed by atoms with Crippen molar-refractivity contribution in [2.75, 3.05) is 0 Å². The van der Waals surface area contributed by atoms with Gasteiger partial charge < -0.3 is 13.4 Å². The SMILES string of the molecule is c1ccc2c(c1)oc1c(-c3ccc4oc5cc(-n6c7ccccc7c7cc(-c8ccc9c%10ccccc%10c%10ccccc%10c9c8)ccc76)ccc5c4c3)cccc12. The Labute approximate surface area is 326 Å². The highest BCUT2D eigenvalue weighted by molar-refractivity contribution is 6.26. The van der Waals surface area contributed by atoms with Crippen LogP contribution in [0.4, 0.5) is 0 Å². The fourth-order valence-electron chi connectivity index (χ4n) is 9.56. The summed E-state index contributed by atoms with van der Waals surface area (Å²) in [6.45, 7) is 0. The molecule has 0 radical (unpaired) electrons. The zero-order chi connectivity index (χ0) is 37.2. The number of para-hydroxylation sites is 3. The molecule has 3 aromatic heterocycles. The Morgan fingerprint density at radius 2 is 0.825 bits per heavy atom. The predicted octanol–water partition coefficient (Wildman–Crippen LogP) is 15.4. The summed E-state index contributed by atoms with van der Waals surface area (Å²) in [7, 11) is 0. The Morgan fingerprint density at radius 3 is 1.63 bits per heavy atom. The molecular weight excluding hydrogens is 695 g/mol. The van der Waals surface area contributed by atoms with Crippen LogP contribution >= 0.6 is 0 Å². The Balaban J connectivity index is 0.946. The molecule has 0 aliphatic heterocycles. The molecule has 13 rings (SSSR count). The van der Waals surface area contributed by atoms with Crippen molar-refractivity contribution < 1.29 is 8.83 Å². The molecule has 3 nitrogen and oxygen atoms in total. The lowest BCUT2D eigenvalue weighted by atomic mass is 9.92. The Hall–Kier alpha value is -7.62. The number of rotatable bonds is 3. The molecule has 0 bridgehead atoms. The second-order valence-electron chi connectivity index (χ2n) is 15.2. The molecule has 0 aliphatic rings. The highest BCUT2D eigenvalue weighted by Gasteiger charge is 2.18. The molecule has 3 heterocycles. The molecular formula is C54H31NO2. The van der Waals surface area contributed by atoms with E-state index in [4.69, 9.17) is 8.83 Å². The fourth-order valence-corrected chi connectivity index (χ4v) is 9.56.